The van der Waals surface area contributed by atoms with Gasteiger partial charge >= 0.3 is 5.97 Å². The van der Waals surface area contributed by atoms with E-state index in [9.17, 15) is 9.59 Å². The number of nitrogens with zero attached hydrogens (tertiary/aromatic N) is 2. The van der Waals surface area contributed by atoms with E-state index in [1.165, 1.54) is 11.8 Å². The van der Waals surface area contributed by atoms with Crippen molar-refractivity contribution in [2.45, 2.75) is 38.8 Å². The van der Waals surface area contributed by atoms with E-state index in [1.807, 2.05) is 29.2 Å². The smallest absolute Gasteiger partial charge is 0.347 e. The second kappa shape index (κ2) is 7.76. The molecule has 1 aromatic carbocycles. The van der Waals surface area contributed by atoms with E-state index in [4.69, 9.17) is 9.84 Å². The molecule has 6 nitrogen and oxygen atoms in total. The maximum absolute atomic E-state index is 12.2. The molecule has 1 atom stereocenters. The Morgan fingerprint density at radius 3 is 2.80 bits per heavy atom. The molecular formula is C18H20N2O4S. The number of carbonyl (C=O) groups excluding carboxylic acids is 1. The van der Waals surface area contributed by atoms with Gasteiger partial charge in [-0.15, -0.1) is 11.3 Å². The normalized spacial score (nSPS) is 17.2. The maximum atomic E-state index is 12.2. The Hall–Kier alpha value is -2.25. The predicted molar refractivity (Wildman–Crippen MR) is 95.1 cm³/mol. The average molecular weight is 360 g/mol. The zero-order valence-electron chi connectivity index (χ0n) is 14.0. The van der Waals surface area contributed by atoms with E-state index in [1.54, 1.807) is 0 Å². The van der Waals surface area contributed by atoms with E-state index in [0.29, 0.717) is 18.0 Å². The van der Waals surface area contributed by atoms with Crippen molar-refractivity contribution >= 4 is 28.9 Å². The fourth-order valence-corrected chi connectivity index (χ4v) is 3.60. The molecule has 0 spiro atoms. The number of hydrogen-bond acceptors (Lipinski definition) is 5. The standard InChI is InChI=1S/C18H20N2O4S/c1-2-12-3-5-13(6-4-12)20-14(7-8-17(20)21)10-24-11-16-19-9-15(25-16)18(22)23/h3-6,9,14H,2,7-8,10-11H2,1H3,(H,22,23)/t14-/m0/s1. The second-order valence-electron chi connectivity index (χ2n) is 5.91. The summed E-state index contributed by atoms with van der Waals surface area (Å²) in [6.07, 6.45) is 3.58. The highest BCUT2D eigenvalue weighted by atomic mass is 32.1. The maximum Gasteiger partial charge on any atom is 0.347 e. The Bertz CT molecular complexity index is 757. The third-order valence-electron chi connectivity index (χ3n) is 4.25. The molecule has 25 heavy (non-hydrogen) atoms. The van der Waals surface area contributed by atoms with E-state index >= 15 is 0 Å². The molecule has 0 saturated carbocycles. The van der Waals surface area contributed by atoms with Crippen LogP contribution < -0.4 is 4.90 Å². The number of carbonyl (C=O) groups is 2. The van der Waals surface area contributed by atoms with Gasteiger partial charge in [-0.1, -0.05) is 19.1 Å². The summed E-state index contributed by atoms with van der Waals surface area (Å²) in [7, 11) is 0. The zero-order valence-corrected chi connectivity index (χ0v) is 14.8. The molecule has 3 rings (SSSR count). The Kier molecular flexibility index (Phi) is 5.45. The highest BCUT2D eigenvalue weighted by molar-refractivity contribution is 7.13. The van der Waals surface area contributed by atoms with Gasteiger partial charge in [-0.05, 0) is 30.5 Å². The Balaban J connectivity index is 1.60. The first kappa shape index (κ1) is 17.6. The molecule has 7 heteroatoms. The van der Waals surface area contributed by atoms with Crippen LogP contribution in [0.3, 0.4) is 0 Å². The molecular weight excluding hydrogens is 340 g/mol. The molecule has 0 bridgehead atoms. The first-order valence-electron chi connectivity index (χ1n) is 8.25. The van der Waals surface area contributed by atoms with Crippen LogP contribution in [0.5, 0.6) is 0 Å². The topological polar surface area (TPSA) is 79.7 Å². The molecule has 2 heterocycles. The number of rotatable bonds is 7. The van der Waals surface area contributed by atoms with Crippen LogP contribution in [0, 0.1) is 0 Å². The predicted octanol–water partition coefficient (Wildman–Crippen LogP) is 3.12. The summed E-state index contributed by atoms with van der Waals surface area (Å²) in [6, 6.07) is 8.05. The van der Waals surface area contributed by atoms with E-state index in [0.717, 1.165) is 29.9 Å². The Labute approximate surface area is 150 Å². The molecule has 1 aliphatic heterocycles. The summed E-state index contributed by atoms with van der Waals surface area (Å²) in [5, 5.41) is 9.53. The number of anilines is 1. The number of carboxylic acids is 1. The van der Waals surface area contributed by atoms with E-state index in [2.05, 4.69) is 11.9 Å². The third kappa shape index (κ3) is 4.05. The molecule has 1 aliphatic rings. The van der Waals surface area contributed by atoms with Crippen LogP contribution in [0.2, 0.25) is 0 Å². The minimum Gasteiger partial charge on any atom is -0.477 e. The van der Waals surface area contributed by atoms with Crippen molar-refractivity contribution in [2.75, 3.05) is 11.5 Å². The highest BCUT2D eigenvalue weighted by Gasteiger charge is 2.32. The average Bonchev–Trinajstić information content (AvgIpc) is 3.22. The van der Waals surface area contributed by atoms with E-state index < -0.39 is 5.97 Å². The van der Waals surface area contributed by atoms with Crippen LogP contribution in [0.15, 0.2) is 30.5 Å². The highest BCUT2D eigenvalue weighted by Crippen LogP contribution is 2.27. The largest absolute Gasteiger partial charge is 0.477 e. The number of aromatic nitrogens is 1. The summed E-state index contributed by atoms with van der Waals surface area (Å²) in [4.78, 5) is 29.2. The van der Waals surface area contributed by atoms with Gasteiger partial charge in [0.25, 0.3) is 0 Å². The lowest BCUT2D eigenvalue weighted by Crippen LogP contribution is -2.36. The van der Waals surface area contributed by atoms with Gasteiger partial charge in [0, 0.05) is 12.1 Å². The molecule has 132 valence electrons. The molecule has 0 radical (unpaired) electrons. The first-order valence-corrected chi connectivity index (χ1v) is 9.07. The number of thiazole rings is 1. The van der Waals surface area contributed by atoms with Gasteiger partial charge in [0.2, 0.25) is 5.91 Å². The van der Waals surface area contributed by atoms with Crippen molar-refractivity contribution in [3.05, 3.63) is 45.9 Å². The number of hydrogen-bond donors (Lipinski definition) is 1. The van der Waals surface area contributed by atoms with Gasteiger partial charge in [-0.3, -0.25) is 4.79 Å². The van der Waals surface area contributed by atoms with E-state index in [-0.39, 0.29) is 23.4 Å². The van der Waals surface area contributed by atoms with Crippen molar-refractivity contribution < 1.29 is 19.4 Å². The summed E-state index contributed by atoms with van der Waals surface area (Å²) < 4.78 is 5.70. The number of amides is 1. The quantitative estimate of drug-likeness (QED) is 0.821. The van der Waals surface area contributed by atoms with Crippen LogP contribution in [0.1, 0.15) is 40.0 Å². The first-order chi connectivity index (χ1) is 12.1. The lowest BCUT2D eigenvalue weighted by Gasteiger charge is -2.25. The molecule has 1 aromatic heterocycles. The van der Waals surface area contributed by atoms with Gasteiger partial charge in [0.1, 0.15) is 9.88 Å². The van der Waals surface area contributed by atoms with Crippen molar-refractivity contribution in [3.8, 4) is 0 Å². The third-order valence-corrected chi connectivity index (χ3v) is 5.21. The molecule has 0 aliphatic carbocycles. The fourth-order valence-electron chi connectivity index (χ4n) is 2.91. The van der Waals surface area contributed by atoms with Gasteiger partial charge in [0.15, 0.2) is 0 Å². The number of ether oxygens (including phenoxy) is 1. The molecule has 1 fully saturated rings. The van der Waals surface area contributed by atoms with Gasteiger partial charge in [-0.2, -0.15) is 0 Å². The van der Waals surface area contributed by atoms with Crippen molar-refractivity contribution in [2.24, 2.45) is 0 Å². The fraction of sp³-hybridized carbons (Fsp3) is 0.389. The number of aromatic carboxylic acids is 1. The van der Waals surface area contributed by atoms with Crippen LogP contribution in [-0.2, 0) is 22.6 Å². The van der Waals surface area contributed by atoms with Crippen LogP contribution >= 0.6 is 11.3 Å². The monoisotopic (exact) mass is 360 g/mol. The molecule has 1 saturated heterocycles. The number of aryl methyl sites for hydroxylation is 1. The van der Waals surface area contributed by atoms with Crippen LogP contribution in [0.25, 0.3) is 0 Å². The minimum absolute atomic E-state index is 0.00103. The Morgan fingerprint density at radius 2 is 2.16 bits per heavy atom. The second-order valence-corrected chi connectivity index (χ2v) is 7.03. The van der Waals surface area contributed by atoms with Gasteiger partial charge in [-0.25, -0.2) is 9.78 Å². The zero-order chi connectivity index (χ0) is 17.8. The van der Waals surface area contributed by atoms with Crippen molar-refractivity contribution in [1.82, 2.24) is 4.98 Å². The summed E-state index contributed by atoms with van der Waals surface area (Å²) >= 11 is 1.11. The van der Waals surface area contributed by atoms with Crippen molar-refractivity contribution in [3.63, 3.8) is 0 Å². The van der Waals surface area contributed by atoms with Crippen molar-refractivity contribution in [1.29, 1.82) is 0 Å². The number of carboxylic acid groups (broad SMARTS) is 1. The SMILES string of the molecule is CCc1ccc(N2C(=O)CC[C@H]2COCc2ncc(C(=O)O)s2)cc1. The van der Waals surface area contributed by atoms with Gasteiger partial charge < -0.3 is 14.7 Å². The van der Waals surface area contributed by atoms with Gasteiger partial charge in [0.05, 0.1) is 25.5 Å². The minimum atomic E-state index is -0.980. The molecule has 0 unspecified atom stereocenters. The number of benzene rings is 1. The lowest BCUT2D eigenvalue weighted by atomic mass is 10.1. The summed E-state index contributed by atoms with van der Waals surface area (Å²) in [6.45, 7) is 2.76. The summed E-state index contributed by atoms with van der Waals surface area (Å²) in [5.41, 5.74) is 2.14. The molecule has 2 aromatic rings. The van der Waals surface area contributed by atoms with Crippen LogP contribution in [0.4, 0.5) is 5.69 Å². The lowest BCUT2D eigenvalue weighted by molar-refractivity contribution is -0.117. The molecule has 1 N–H and O–H groups in total. The Morgan fingerprint density at radius 1 is 1.40 bits per heavy atom. The van der Waals surface area contributed by atoms with Crippen LogP contribution in [-0.4, -0.2) is 34.6 Å². The molecule has 1 amide bonds. The summed E-state index contributed by atoms with van der Waals surface area (Å²) in [5.74, 6) is -0.868.